The molecule has 1 aromatic heterocycles. The Bertz CT molecular complexity index is 1180. The summed E-state index contributed by atoms with van der Waals surface area (Å²) < 4.78 is 7.43. The molecule has 5 nitrogen and oxygen atoms in total. The molecule has 0 unspecified atom stereocenters. The number of para-hydroxylation sites is 4. The van der Waals surface area contributed by atoms with Gasteiger partial charge >= 0.3 is 0 Å². The van der Waals surface area contributed by atoms with Gasteiger partial charge in [-0.3, -0.25) is 14.3 Å². The zero-order valence-corrected chi connectivity index (χ0v) is 18.0. The molecule has 0 spiro atoms. The van der Waals surface area contributed by atoms with Gasteiger partial charge in [-0.25, -0.2) is 0 Å². The average molecular weight is 414 g/mol. The zero-order chi connectivity index (χ0) is 21.4. The van der Waals surface area contributed by atoms with Crippen molar-refractivity contribution in [3.63, 3.8) is 0 Å². The third kappa shape index (κ3) is 3.35. The van der Waals surface area contributed by atoms with Crippen LogP contribution in [0.5, 0.6) is 5.75 Å². The molecular weight excluding hydrogens is 386 g/mol. The van der Waals surface area contributed by atoms with Crippen molar-refractivity contribution in [1.82, 2.24) is 9.47 Å². The van der Waals surface area contributed by atoms with Gasteiger partial charge in [0.2, 0.25) is 5.91 Å². The molecule has 0 radical (unpaired) electrons. The summed E-state index contributed by atoms with van der Waals surface area (Å²) in [7, 11) is 1.71. The molecule has 0 bridgehead atoms. The number of benzene rings is 3. The minimum Gasteiger partial charge on any atom is -0.495 e. The highest BCUT2D eigenvalue weighted by Gasteiger charge is 2.29. The largest absolute Gasteiger partial charge is 0.495 e. The maximum atomic E-state index is 13.7. The lowest BCUT2D eigenvalue weighted by molar-refractivity contribution is 0.0753. The van der Waals surface area contributed by atoms with Gasteiger partial charge in [0, 0.05) is 37.0 Å². The maximum absolute atomic E-state index is 13.7. The number of fused-ring (bicyclic) bond motifs is 3. The van der Waals surface area contributed by atoms with Crippen LogP contribution in [-0.2, 0) is 0 Å². The minimum atomic E-state index is -0.195. The van der Waals surface area contributed by atoms with Crippen LogP contribution >= 0.6 is 0 Å². The number of hydrogen-bond donors (Lipinski definition) is 0. The van der Waals surface area contributed by atoms with Gasteiger partial charge in [-0.05, 0) is 31.2 Å². The lowest BCUT2D eigenvalue weighted by Crippen LogP contribution is -2.52. The van der Waals surface area contributed by atoms with Crippen molar-refractivity contribution >= 4 is 33.4 Å². The Kier molecular flexibility index (Phi) is 5.12. The van der Waals surface area contributed by atoms with Crippen LogP contribution < -0.4 is 9.64 Å². The normalized spacial score (nSPS) is 16.0. The van der Waals surface area contributed by atoms with Crippen molar-refractivity contribution in [3.05, 3.63) is 72.8 Å². The predicted molar refractivity (Wildman–Crippen MR) is 126 cm³/mol. The molecule has 1 atom stereocenters. The lowest BCUT2D eigenvalue weighted by atomic mass is 10.2. The van der Waals surface area contributed by atoms with Gasteiger partial charge < -0.3 is 9.64 Å². The zero-order valence-electron chi connectivity index (χ0n) is 18.0. The number of ether oxygens (including phenoxy) is 1. The van der Waals surface area contributed by atoms with E-state index in [4.69, 9.17) is 4.74 Å². The number of piperazine rings is 1. The topological polar surface area (TPSA) is 37.7 Å². The van der Waals surface area contributed by atoms with E-state index in [9.17, 15) is 4.79 Å². The molecule has 1 fully saturated rings. The van der Waals surface area contributed by atoms with Gasteiger partial charge in [0.25, 0.3) is 0 Å². The van der Waals surface area contributed by atoms with E-state index >= 15 is 0 Å². The van der Waals surface area contributed by atoms with Crippen molar-refractivity contribution in [2.75, 3.05) is 38.2 Å². The average Bonchev–Trinajstić information content (AvgIpc) is 3.17. The Morgan fingerprint density at radius 1 is 0.806 bits per heavy atom. The molecule has 1 aliphatic rings. The van der Waals surface area contributed by atoms with Gasteiger partial charge in [-0.2, -0.15) is 0 Å². The third-order valence-corrected chi connectivity index (χ3v) is 6.45. The van der Waals surface area contributed by atoms with Crippen molar-refractivity contribution in [3.8, 4) is 5.75 Å². The second kappa shape index (κ2) is 8.08. The van der Waals surface area contributed by atoms with E-state index in [1.54, 1.807) is 7.11 Å². The minimum absolute atomic E-state index is 0.128. The number of carbonyl (C=O) groups is 1. The maximum Gasteiger partial charge on any atom is 0.248 e. The standard InChI is InChI=1S/C26H27N3O2/c1-19(27-15-17-28(18-16-27)24-13-7-8-14-25(24)31-2)26(30)29-22-11-5-3-9-20(22)21-10-4-6-12-23(21)29/h3-14,19H,15-18H2,1-2H3/t19-/m1/s1. The van der Waals surface area contributed by atoms with Crippen molar-refractivity contribution < 1.29 is 9.53 Å². The first-order chi connectivity index (χ1) is 15.2. The van der Waals surface area contributed by atoms with Crippen LogP contribution in [0, 0.1) is 0 Å². The third-order valence-electron chi connectivity index (χ3n) is 6.45. The van der Waals surface area contributed by atoms with Crippen LogP contribution in [-0.4, -0.2) is 54.7 Å². The molecule has 31 heavy (non-hydrogen) atoms. The predicted octanol–water partition coefficient (Wildman–Crippen LogP) is 4.65. The van der Waals surface area contributed by atoms with Crippen molar-refractivity contribution in [1.29, 1.82) is 0 Å². The molecule has 5 rings (SSSR count). The first-order valence-electron chi connectivity index (χ1n) is 10.8. The second-order valence-corrected chi connectivity index (χ2v) is 8.08. The van der Waals surface area contributed by atoms with E-state index < -0.39 is 0 Å². The highest BCUT2D eigenvalue weighted by atomic mass is 16.5. The van der Waals surface area contributed by atoms with E-state index in [1.165, 1.54) is 0 Å². The molecule has 0 amide bonds. The highest BCUT2D eigenvalue weighted by molar-refractivity contribution is 6.13. The number of rotatable bonds is 4. The number of nitrogens with zero attached hydrogens (tertiary/aromatic N) is 3. The summed E-state index contributed by atoms with van der Waals surface area (Å²) in [6, 6.07) is 24.3. The number of aromatic nitrogens is 1. The summed E-state index contributed by atoms with van der Waals surface area (Å²) in [6.07, 6.45) is 0. The van der Waals surface area contributed by atoms with Gasteiger partial charge in [-0.1, -0.05) is 48.5 Å². The molecule has 3 aromatic carbocycles. The molecule has 2 heterocycles. The fourth-order valence-corrected chi connectivity index (χ4v) is 4.74. The van der Waals surface area contributed by atoms with E-state index in [0.717, 1.165) is 59.4 Å². The summed E-state index contributed by atoms with van der Waals surface area (Å²) in [5.41, 5.74) is 3.08. The van der Waals surface area contributed by atoms with Crippen LogP contribution in [0.4, 0.5) is 5.69 Å². The lowest BCUT2D eigenvalue weighted by Gasteiger charge is -2.39. The number of anilines is 1. The highest BCUT2D eigenvalue weighted by Crippen LogP contribution is 2.31. The molecule has 1 aliphatic heterocycles. The Labute approximate surface area is 182 Å². The first-order valence-corrected chi connectivity index (χ1v) is 10.8. The van der Waals surface area contributed by atoms with E-state index in [1.807, 2.05) is 66.1 Å². The van der Waals surface area contributed by atoms with Crippen LogP contribution in [0.25, 0.3) is 21.8 Å². The van der Waals surface area contributed by atoms with E-state index in [0.29, 0.717) is 0 Å². The molecule has 0 aliphatic carbocycles. The molecular formula is C26H27N3O2. The number of carbonyl (C=O) groups excluding carboxylic acids is 1. The molecule has 0 N–H and O–H groups in total. The number of methoxy groups -OCH3 is 1. The smallest absolute Gasteiger partial charge is 0.248 e. The second-order valence-electron chi connectivity index (χ2n) is 8.08. The summed E-state index contributed by atoms with van der Waals surface area (Å²) in [6.45, 7) is 5.44. The molecule has 0 saturated carbocycles. The van der Waals surface area contributed by atoms with Crippen molar-refractivity contribution in [2.45, 2.75) is 13.0 Å². The molecule has 158 valence electrons. The van der Waals surface area contributed by atoms with Gasteiger partial charge in [-0.15, -0.1) is 0 Å². The molecule has 5 heteroatoms. The SMILES string of the molecule is COc1ccccc1N1CCN([C@H](C)C(=O)n2c3ccccc3c3ccccc32)CC1. The van der Waals surface area contributed by atoms with Gasteiger partial charge in [0.15, 0.2) is 0 Å². The monoisotopic (exact) mass is 413 g/mol. The summed E-state index contributed by atoms with van der Waals surface area (Å²) >= 11 is 0. The van der Waals surface area contributed by atoms with Crippen molar-refractivity contribution in [2.24, 2.45) is 0 Å². The Balaban J connectivity index is 1.39. The summed E-state index contributed by atoms with van der Waals surface area (Å²) in [5, 5.41) is 2.25. The summed E-state index contributed by atoms with van der Waals surface area (Å²) in [5.74, 6) is 1.02. The Hall–Kier alpha value is -3.31. The van der Waals surface area contributed by atoms with Gasteiger partial charge in [0.05, 0.1) is 29.9 Å². The first kappa shape index (κ1) is 19.6. The fraction of sp³-hybridized carbons (Fsp3) is 0.269. The Morgan fingerprint density at radius 2 is 1.35 bits per heavy atom. The van der Waals surface area contributed by atoms with Gasteiger partial charge in [0.1, 0.15) is 5.75 Å². The quantitative estimate of drug-likeness (QED) is 0.488. The van der Waals surface area contributed by atoms with Crippen LogP contribution in [0.2, 0.25) is 0 Å². The van der Waals surface area contributed by atoms with E-state index in [-0.39, 0.29) is 11.9 Å². The number of hydrogen-bond acceptors (Lipinski definition) is 4. The van der Waals surface area contributed by atoms with Crippen LogP contribution in [0.3, 0.4) is 0 Å². The van der Waals surface area contributed by atoms with Crippen LogP contribution in [0.1, 0.15) is 11.7 Å². The Morgan fingerprint density at radius 3 is 1.97 bits per heavy atom. The molecule has 1 saturated heterocycles. The summed E-state index contributed by atoms with van der Waals surface area (Å²) in [4.78, 5) is 18.3. The van der Waals surface area contributed by atoms with Crippen LogP contribution in [0.15, 0.2) is 72.8 Å². The molecule has 4 aromatic rings. The van der Waals surface area contributed by atoms with E-state index in [2.05, 4.69) is 28.0 Å². The fourth-order valence-electron chi connectivity index (χ4n) is 4.74.